The molecule has 0 amide bonds. The molecule has 14 heavy (non-hydrogen) atoms. The lowest BCUT2D eigenvalue weighted by atomic mass is 10.0. The summed E-state index contributed by atoms with van der Waals surface area (Å²) < 4.78 is 5.95. The Balaban J connectivity index is 3.32. The first kappa shape index (κ1) is 11.7. The molecule has 0 fully saturated rings. The quantitative estimate of drug-likeness (QED) is 0.630. The monoisotopic (exact) mass is 320 g/mol. The van der Waals surface area contributed by atoms with Crippen molar-refractivity contribution in [2.75, 3.05) is 12.4 Å². The summed E-state index contributed by atoms with van der Waals surface area (Å²) in [5.74, 6) is 0.783. The van der Waals surface area contributed by atoms with Crippen molar-refractivity contribution in [2.45, 2.75) is 6.92 Å². The van der Waals surface area contributed by atoms with Crippen LogP contribution in [0.4, 0.5) is 0 Å². The largest absolute Gasteiger partial charge is 0.496 e. The van der Waals surface area contributed by atoms with Gasteiger partial charge < -0.3 is 4.74 Å². The van der Waals surface area contributed by atoms with Gasteiger partial charge in [-0.05, 0) is 19.1 Å². The Labute approximate surface area is 99.9 Å². The van der Waals surface area contributed by atoms with E-state index in [1.54, 1.807) is 7.11 Å². The van der Waals surface area contributed by atoms with Crippen LogP contribution in [0.3, 0.4) is 0 Å². The molecule has 1 aromatic rings. The first-order chi connectivity index (χ1) is 6.61. The molecule has 0 unspecified atom stereocenters. The molecule has 0 aliphatic rings. The second kappa shape index (κ2) is 4.94. The number of halogens is 2. The van der Waals surface area contributed by atoms with Crippen LogP contribution in [0.1, 0.15) is 15.9 Å². The van der Waals surface area contributed by atoms with Crippen LogP contribution in [0.2, 0.25) is 0 Å². The van der Waals surface area contributed by atoms with Crippen LogP contribution in [-0.4, -0.2) is 18.2 Å². The number of hydrogen-bond donors (Lipinski definition) is 0. The fourth-order valence-corrected chi connectivity index (χ4v) is 2.22. The summed E-state index contributed by atoms with van der Waals surface area (Å²) >= 11 is 6.51. The van der Waals surface area contributed by atoms with Gasteiger partial charge in [0.2, 0.25) is 0 Å². The smallest absolute Gasteiger partial charge is 0.174 e. The average molecular weight is 322 g/mol. The normalized spacial score (nSPS) is 10.0. The van der Waals surface area contributed by atoms with Gasteiger partial charge in [-0.3, -0.25) is 4.79 Å². The maximum Gasteiger partial charge on any atom is 0.174 e. The molecule has 4 heteroatoms. The molecule has 0 N–H and O–H groups in total. The van der Waals surface area contributed by atoms with E-state index < -0.39 is 0 Å². The van der Waals surface area contributed by atoms with Crippen molar-refractivity contribution in [1.82, 2.24) is 0 Å². The predicted octanol–water partition coefficient (Wildman–Crippen LogP) is 3.34. The van der Waals surface area contributed by atoms with Gasteiger partial charge in [0.15, 0.2) is 5.78 Å². The minimum Gasteiger partial charge on any atom is -0.496 e. The Morgan fingerprint density at radius 1 is 1.50 bits per heavy atom. The fourth-order valence-electron chi connectivity index (χ4n) is 1.29. The lowest BCUT2D eigenvalue weighted by Gasteiger charge is -2.10. The molecule has 0 atom stereocenters. The zero-order chi connectivity index (χ0) is 10.7. The predicted molar refractivity (Wildman–Crippen MR) is 63.6 cm³/mol. The van der Waals surface area contributed by atoms with Crippen LogP contribution in [0.15, 0.2) is 16.6 Å². The van der Waals surface area contributed by atoms with Gasteiger partial charge in [-0.25, -0.2) is 0 Å². The number of rotatable bonds is 3. The lowest BCUT2D eigenvalue weighted by molar-refractivity contribution is 0.102. The minimum atomic E-state index is 0.0493. The number of Topliss-reactive ketones (excluding diaryl/α,β-unsaturated/α-hetero) is 1. The SMILES string of the molecule is COc1ccc(Br)c(C(=O)CBr)c1C. The lowest BCUT2D eigenvalue weighted by Crippen LogP contribution is -2.05. The number of benzene rings is 1. The second-order valence-electron chi connectivity index (χ2n) is 2.81. The van der Waals surface area contributed by atoms with Crippen LogP contribution in [-0.2, 0) is 0 Å². The molecule has 0 saturated heterocycles. The Hall–Kier alpha value is -0.350. The molecule has 0 aromatic heterocycles. The van der Waals surface area contributed by atoms with E-state index >= 15 is 0 Å². The Kier molecular flexibility index (Phi) is 4.13. The fraction of sp³-hybridized carbons (Fsp3) is 0.300. The topological polar surface area (TPSA) is 26.3 Å². The average Bonchev–Trinajstić information content (AvgIpc) is 2.18. The number of ketones is 1. The van der Waals surface area contributed by atoms with Crippen LogP contribution in [0.25, 0.3) is 0 Å². The summed E-state index contributed by atoms with van der Waals surface area (Å²) in [5.41, 5.74) is 1.55. The molecule has 0 bridgehead atoms. The van der Waals surface area contributed by atoms with E-state index in [4.69, 9.17) is 4.74 Å². The summed E-state index contributed by atoms with van der Waals surface area (Å²) in [6.45, 7) is 1.87. The minimum absolute atomic E-state index is 0.0493. The van der Waals surface area contributed by atoms with Gasteiger partial charge in [0.1, 0.15) is 5.75 Å². The van der Waals surface area contributed by atoms with E-state index in [1.165, 1.54) is 0 Å². The summed E-state index contributed by atoms with van der Waals surface area (Å²) in [6, 6.07) is 3.66. The van der Waals surface area contributed by atoms with Gasteiger partial charge in [-0.1, -0.05) is 31.9 Å². The number of carbonyl (C=O) groups is 1. The van der Waals surface area contributed by atoms with Crippen molar-refractivity contribution in [3.63, 3.8) is 0 Å². The van der Waals surface area contributed by atoms with Crippen molar-refractivity contribution in [3.8, 4) is 5.75 Å². The molecular weight excluding hydrogens is 312 g/mol. The molecular formula is C10H10Br2O2. The maximum absolute atomic E-state index is 11.6. The molecule has 0 radical (unpaired) electrons. The third-order valence-corrected chi connectivity index (χ3v) is 3.15. The van der Waals surface area contributed by atoms with Gasteiger partial charge in [0.25, 0.3) is 0 Å². The number of methoxy groups -OCH3 is 1. The Morgan fingerprint density at radius 3 is 2.64 bits per heavy atom. The number of hydrogen-bond acceptors (Lipinski definition) is 2. The zero-order valence-electron chi connectivity index (χ0n) is 7.93. The molecule has 0 heterocycles. The first-order valence-corrected chi connectivity index (χ1v) is 5.95. The number of carbonyl (C=O) groups excluding carboxylic acids is 1. The summed E-state index contributed by atoms with van der Waals surface area (Å²) in [7, 11) is 1.60. The van der Waals surface area contributed by atoms with Crippen LogP contribution >= 0.6 is 31.9 Å². The molecule has 0 aliphatic carbocycles. The van der Waals surface area contributed by atoms with Crippen molar-refractivity contribution in [2.24, 2.45) is 0 Å². The number of ether oxygens (including phenoxy) is 1. The third kappa shape index (κ3) is 2.17. The van der Waals surface area contributed by atoms with E-state index in [2.05, 4.69) is 31.9 Å². The first-order valence-electron chi connectivity index (χ1n) is 4.04. The van der Waals surface area contributed by atoms with Gasteiger partial charge in [0, 0.05) is 15.6 Å². The molecule has 1 rings (SSSR count). The standard InChI is InChI=1S/C10H10Br2O2/c1-6-9(14-2)4-3-7(12)10(6)8(13)5-11/h3-4H,5H2,1-2H3. The number of alkyl halides is 1. The molecule has 76 valence electrons. The highest BCUT2D eigenvalue weighted by atomic mass is 79.9. The van der Waals surface area contributed by atoms with Gasteiger partial charge in [-0.15, -0.1) is 0 Å². The molecule has 2 nitrogen and oxygen atoms in total. The van der Waals surface area contributed by atoms with Crippen LogP contribution < -0.4 is 4.74 Å². The summed E-state index contributed by atoms with van der Waals surface area (Å²) in [6.07, 6.45) is 0. The highest BCUT2D eigenvalue weighted by Crippen LogP contribution is 2.28. The molecule has 1 aromatic carbocycles. The highest BCUT2D eigenvalue weighted by molar-refractivity contribution is 9.10. The molecule has 0 aliphatic heterocycles. The van der Waals surface area contributed by atoms with Crippen molar-refractivity contribution >= 4 is 37.6 Å². The zero-order valence-corrected chi connectivity index (χ0v) is 11.1. The van der Waals surface area contributed by atoms with E-state index in [1.807, 2.05) is 19.1 Å². The Morgan fingerprint density at radius 2 is 2.14 bits per heavy atom. The van der Waals surface area contributed by atoms with Gasteiger partial charge >= 0.3 is 0 Å². The summed E-state index contributed by atoms with van der Waals surface area (Å²) in [5, 5.41) is 0.319. The molecule has 0 saturated carbocycles. The van der Waals surface area contributed by atoms with Crippen molar-refractivity contribution < 1.29 is 9.53 Å². The van der Waals surface area contributed by atoms with Gasteiger partial charge in [0.05, 0.1) is 12.4 Å². The Bertz CT molecular complexity index is 361. The van der Waals surface area contributed by atoms with Crippen LogP contribution in [0, 0.1) is 6.92 Å². The van der Waals surface area contributed by atoms with E-state index in [0.717, 1.165) is 15.8 Å². The van der Waals surface area contributed by atoms with E-state index in [9.17, 15) is 4.79 Å². The second-order valence-corrected chi connectivity index (χ2v) is 4.22. The van der Waals surface area contributed by atoms with Crippen molar-refractivity contribution in [1.29, 1.82) is 0 Å². The van der Waals surface area contributed by atoms with Crippen LogP contribution in [0.5, 0.6) is 5.75 Å². The third-order valence-electron chi connectivity index (χ3n) is 1.98. The summed E-state index contributed by atoms with van der Waals surface area (Å²) in [4.78, 5) is 11.6. The van der Waals surface area contributed by atoms with E-state index in [-0.39, 0.29) is 5.78 Å². The highest BCUT2D eigenvalue weighted by Gasteiger charge is 2.14. The molecule has 0 spiro atoms. The maximum atomic E-state index is 11.6. The van der Waals surface area contributed by atoms with Crippen molar-refractivity contribution in [3.05, 3.63) is 27.7 Å². The van der Waals surface area contributed by atoms with Gasteiger partial charge in [-0.2, -0.15) is 0 Å². The van der Waals surface area contributed by atoms with E-state index in [0.29, 0.717) is 10.9 Å².